The van der Waals surface area contributed by atoms with E-state index in [9.17, 15) is 4.79 Å². The summed E-state index contributed by atoms with van der Waals surface area (Å²) >= 11 is 24.2. The number of amides is 1. The zero-order valence-electron chi connectivity index (χ0n) is 13.9. The molecule has 2 aromatic carbocycles. The molecule has 0 radical (unpaired) electrons. The minimum absolute atomic E-state index is 0.335. The minimum Gasteiger partial charge on any atom is -0.455 e. The van der Waals surface area contributed by atoms with Crippen molar-refractivity contribution in [1.82, 2.24) is 5.43 Å². The van der Waals surface area contributed by atoms with Crippen molar-refractivity contribution < 1.29 is 9.21 Å². The van der Waals surface area contributed by atoms with E-state index >= 15 is 0 Å². The molecular weight excluding hydrogens is 430 g/mol. The number of nitrogens with zero attached hydrogens (tertiary/aromatic N) is 1. The fraction of sp³-hybridized carbons (Fsp3) is 0.0526. The molecule has 3 rings (SSSR count). The molecular formula is C19H12Cl4N2O2. The highest BCUT2D eigenvalue weighted by molar-refractivity contribution is 6.44. The van der Waals surface area contributed by atoms with Gasteiger partial charge >= 0.3 is 0 Å². The van der Waals surface area contributed by atoms with Crippen molar-refractivity contribution in [2.75, 3.05) is 0 Å². The molecule has 1 heterocycles. The molecule has 1 amide bonds. The van der Waals surface area contributed by atoms with Gasteiger partial charge in [-0.1, -0.05) is 52.5 Å². The number of halogens is 4. The van der Waals surface area contributed by atoms with Gasteiger partial charge in [0.25, 0.3) is 5.91 Å². The molecule has 27 heavy (non-hydrogen) atoms. The highest BCUT2D eigenvalue weighted by Crippen LogP contribution is 2.35. The van der Waals surface area contributed by atoms with Crippen LogP contribution in [0.1, 0.15) is 21.7 Å². The lowest BCUT2D eigenvalue weighted by atomic mass is 10.1. The summed E-state index contributed by atoms with van der Waals surface area (Å²) in [4.78, 5) is 12.1. The van der Waals surface area contributed by atoms with Gasteiger partial charge in [0.1, 0.15) is 11.5 Å². The number of furan rings is 1. The standard InChI is InChI=1S/C19H12Cl4N2O2/c1-10-2-4-12(14(20)6-10)19(26)25-24-9-11-3-5-18(27-11)13-7-16(22)17(23)8-15(13)21/h2-9H,1H3,(H,25,26)/b24-9+. The van der Waals surface area contributed by atoms with Gasteiger partial charge in [-0.2, -0.15) is 5.10 Å². The molecule has 0 atom stereocenters. The van der Waals surface area contributed by atoms with Crippen molar-refractivity contribution in [2.45, 2.75) is 6.92 Å². The van der Waals surface area contributed by atoms with Crippen LogP contribution in [0.3, 0.4) is 0 Å². The Hall–Kier alpha value is -1.98. The van der Waals surface area contributed by atoms with Crippen LogP contribution in [0.15, 0.2) is 52.0 Å². The van der Waals surface area contributed by atoms with Crippen LogP contribution in [0, 0.1) is 6.92 Å². The van der Waals surface area contributed by atoms with Crippen molar-refractivity contribution in [2.24, 2.45) is 5.10 Å². The molecule has 1 N–H and O–H groups in total. The molecule has 0 aliphatic rings. The number of aryl methyl sites for hydroxylation is 1. The third kappa shape index (κ3) is 4.66. The van der Waals surface area contributed by atoms with Crippen molar-refractivity contribution in [3.8, 4) is 11.3 Å². The van der Waals surface area contributed by atoms with Gasteiger partial charge in [-0.25, -0.2) is 5.43 Å². The third-order valence-electron chi connectivity index (χ3n) is 3.63. The summed E-state index contributed by atoms with van der Waals surface area (Å²) in [6.07, 6.45) is 1.37. The van der Waals surface area contributed by atoms with Gasteiger partial charge in [-0.05, 0) is 48.9 Å². The Morgan fingerprint density at radius 2 is 1.70 bits per heavy atom. The number of hydrogen-bond donors (Lipinski definition) is 1. The van der Waals surface area contributed by atoms with Gasteiger partial charge in [0, 0.05) is 5.56 Å². The highest BCUT2D eigenvalue weighted by atomic mass is 35.5. The molecule has 1 aromatic heterocycles. The molecule has 0 saturated heterocycles. The molecule has 8 heteroatoms. The summed E-state index contributed by atoms with van der Waals surface area (Å²) in [5.74, 6) is 0.492. The number of rotatable bonds is 4. The Bertz CT molecular complexity index is 1040. The first-order valence-electron chi connectivity index (χ1n) is 7.69. The van der Waals surface area contributed by atoms with E-state index in [1.165, 1.54) is 6.21 Å². The Morgan fingerprint density at radius 3 is 2.44 bits per heavy atom. The topological polar surface area (TPSA) is 54.6 Å². The van der Waals surface area contributed by atoms with E-state index in [4.69, 9.17) is 50.8 Å². The van der Waals surface area contributed by atoms with Gasteiger partial charge in [0.15, 0.2) is 0 Å². The fourth-order valence-corrected chi connectivity index (χ4v) is 3.26. The van der Waals surface area contributed by atoms with E-state index in [0.29, 0.717) is 42.7 Å². The summed E-state index contributed by atoms with van der Waals surface area (Å²) in [6.45, 7) is 1.89. The van der Waals surface area contributed by atoms with Crippen LogP contribution < -0.4 is 5.43 Å². The SMILES string of the molecule is Cc1ccc(C(=O)N/N=C/c2ccc(-c3cc(Cl)c(Cl)cc3Cl)o2)c(Cl)c1. The fourth-order valence-electron chi connectivity index (χ4n) is 2.30. The molecule has 4 nitrogen and oxygen atoms in total. The molecule has 0 aliphatic carbocycles. The van der Waals surface area contributed by atoms with Crippen LogP contribution in [0.25, 0.3) is 11.3 Å². The summed E-state index contributed by atoms with van der Waals surface area (Å²) in [5, 5.41) is 5.37. The maximum Gasteiger partial charge on any atom is 0.272 e. The van der Waals surface area contributed by atoms with Crippen molar-refractivity contribution in [1.29, 1.82) is 0 Å². The number of benzene rings is 2. The molecule has 0 unspecified atom stereocenters. The van der Waals surface area contributed by atoms with Crippen LogP contribution in [-0.4, -0.2) is 12.1 Å². The molecule has 0 bridgehead atoms. The molecule has 138 valence electrons. The molecule has 0 aliphatic heterocycles. The van der Waals surface area contributed by atoms with E-state index in [1.807, 2.05) is 6.92 Å². The molecule has 0 saturated carbocycles. The zero-order valence-corrected chi connectivity index (χ0v) is 16.9. The number of carbonyl (C=O) groups is 1. The van der Waals surface area contributed by atoms with Crippen LogP contribution in [0.2, 0.25) is 20.1 Å². The van der Waals surface area contributed by atoms with Gasteiger partial charge in [-0.15, -0.1) is 0 Å². The van der Waals surface area contributed by atoms with Crippen LogP contribution >= 0.6 is 46.4 Å². The Morgan fingerprint density at radius 1 is 0.963 bits per heavy atom. The first-order chi connectivity index (χ1) is 12.8. The Labute approximate surface area is 175 Å². The predicted octanol–water partition coefficient (Wildman–Crippen LogP) is 6.63. The van der Waals surface area contributed by atoms with Crippen molar-refractivity contribution >= 4 is 58.5 Å². The van der Waals surface area contributed by atoms with E-state index in [0.717, 1.165) is 5.56 Å². The van der Waals surface area contributed by atoms with E-state index in [2.05, 4.69) is 10.5 Å². The lowest BCUT2D eigenvalue weighted by Gasteiger charge is -2.03. The average Bonchev–Trinajstić information content (AvgIpc) is 3.06. The maximum atomic E-state index is 12.1. The molecule has 3 aromatic rings. The van der Waals surface area contributed by atoms with E-state index < -0.39 is 5.91 Å². The number of carbonyl (C=O) groups excluding carboxylic acids is 1. The first-order valence-corrected chi connectivity index (χ1v) is 9.20. The quantitative estimate of drug-likeness (QED) is 0.280. The van der Waals surface area contributed by atoms with E-state index in [1.54, 1.807) is 42.5 Å². The van der Waals surface area contributed by atoms with Gasteiger partial charge in [-0.3, -0.25) is 4.79 Å². The second-order valence-electron chi connectivity index (χ2n) is 5.63. The largest absolute Gasteiger partial charge is 0.455 e. The molecule has 0 fully saturated rings. The van der Waals surface area contributed by atoms with Crippen molar-refractivity contribution in [3.05, 3.63) is 79.4 Å². The summed E-state index contributed by atoms with van der Waals surface area (Å²) in [5.41, 5.74) is 4.30. The number of hydrogen-bond acceptors (Lipinski definition) is 3. The zero-order chi connectivity index (χ0) is 19.6. The summed E-state index contributed by atoms with van der Waals surface area (Å²) in [6, 6.07) is 11.7. The Kier molecular flexibility index (Phi) is 6.12. The highest BCUT2D eigenvalue weighted by Gasteiger charge is 2.12. The summed E-state index contributed by atoms with van der Waals surface area (Å²) in [7, 11) is 0. The monoisotopic (exact) mass is 440 g/mol. The minimum atomic E-state index is -0.421. The molecule has 0 spiro atoms. The van der Waals surface area contributed by atoms with Crippen LogP contribution in [0.4, 0.5) is 0 Å². The lowest BCUT2D eigenvalue weighted by Crippen LogP contribution is -2.18. The lowest BCUT2D eigenvalue weighted by molar-refractivity contribution is 0.0955. The van der Waals surface area contributed by atoms with Gasteiger partial charge in [0.2, 0.25) is 0 Å². The van der Waals surface area contributed by atoms with E-state index in [-0.39, 0.29) is 0 Å². The third-order valence-corrected chi connectivity index (χ3v) is 4.98. The number of hydrazone groups is 1. The first kappa shape index (κ1) is 19.8. The normalized spacial score (nSPS) is 11.1. The second kappa shape index (κ2) is 8.36. The predicted molar refractivity (Wildman–Crippen MR) is 110 cm³/mol. The smallest absolute Gasteiger partial charge is 0.272 e. The van der Waals surface area contributed by atoms with Gasteiger partial charge < -0.3 is 4.42 Å². The number of nitrogens with one attached hydrogen (secondary N) is 1. The van der Waals surface area contributed by atoms with Crippen LogP contribution in [-0.2, 0) is 0 Å². The second-order valence-corrected chi connectivity index (χ2v) is 7.26. The maximum absolute atomic E-state index is 12.1. The van der Waals surface area contributed by atoms with Crippen LogP contribution in [0.5, 0.6) is 0 Å². The van der Waals surface area contributed by atoms with Crippen molar-refractivity contribution in [3.63, 3.8) is 0 Å². The summed E-state index contributed by atoms with van der Waals surface area (Å²) < 4.78 is 5.66. The Balaban J connectivity index is 1.72. The average molecular weight is 442 g/mol. The van der Waals surface area contributed by atoms with Gasteiger partial charge in [0.05, 0.1) is 31.9 Å².